The third-order valence-corrected chi connectivity index (χ3v) is 10.0. The third kappa shape index (κ3) is 10.2. The Hall–Kier alpha value is -2.45. The molecule has 1 N–H and O–H groups in total. The largest absolute Gasteiger partial charge is 0.467 e. The van der Waals surface area contributed by atoms with Gasteiger partial charge in [-0.1, -0.05) is 57.2 Å². The number of ketones is 1. The molecule has 7 nitrogen and oxygen atoms in total. The summed E-state index contributed by atoms with van der Waals surface area (Å²) in [7, 11) is -0.572. The Morgan fingerprint density at radius 3 is 2.38 bits per heavy atom. The van der Waals surface area contributed by atoms with Crippen LogP contribution in [0.4, 0.5) is 4.79 Å². The molecule has 0 bridgehead atoms. The Morgan fingerprint density at radius 2 is 1.78 bits per heavy atom. The van der Waals surface area contributed by atoms with Crippen molar-refractivity contribution < 1.29 is 28.3 Å². The van der Waals surface area contributed by atoms with Crippen LogP contribution >= 0.6 is 0 Å². The molecule has 8 heteroatoms. The average Bonchev–Trinajstić information content (AvgIpc) is 2.74. The van der Waals surface area contributed by atoms with E-state index >= 15 is 0 Å². The van der Waals surface area contributed by atoms with Crippen molar-refractivity contribution in [2.75, 3.05) is 13.7 Å². The fourth-order valence-electron chi connectivity index (χ4n) is 2.47. The maximum absolute atomic E-state index is 12.1. The van der Waals surface area contributed by atoms with Crippen molar-refractivity contribution in [2.45, 2.75) is 70.8 Å². The lowest BCUT2D eigenvalue weighted by Gasteiger charge is -2.36. The van der Waals surface area contributed by atoms with Gasteiger partial charge in [-0.2, -0.15) is 0 Å². The number of hydrogen-bond acceptors (Lipinski definition) is 6. The van der Waals surface area contributed by atoms with Crippen molar-refractivity contribution in [1.29, 1.82) is 0 Å². The maximum atomic E-state index is 12.1. The molecule has 0 aliphatic rings. The number of methoxy groups -OCH3 is 1. The van der Waals surface area contributed by atoms with Crippen LogP contribution in [-0.2, 0) is 30.1 Å². The summed E-state index contributed by atoms with van der Waals surface area (Å²) in [5.74, 6) is -0.666. The van der Waals surface area contributed by atoms with Gasteiger partial charge in [-0.3, -0.25) is 4.79 Å². The van der Waals surface area contributed by atoms with E-state index in [-0.39, 0.29) is 23.8 Å². The van der Waals surface area contributed by atoms with Crippen LogP contribution in [0.3, 0.4) is 0 Å². The van der Waals surface area contributed by atoms with Gasteiger partial charge in [0.2, 0.25) is 0 Å². The quantitative estimate of drug-likeness (QED) is 0.208. The molecule has 1 rings (SSSR count). The fraction of sp³-hybridized carbons (Fsp3) is 0.542. The van der Waals surface area contributed by atoms with Crippen LogP contribution in [0.15, 0.2) is 42.5 Å². The van der Waals surface area contributed by atoms with Gasteiger partial charge in [0, 0.05) is 13.0 Å². The van der Waals surface area contributed by atoms with E-state index in [0.29, 0.717) is 19.4 Å². The van der Waals surface area contributed by atoms with Gasteiger partial charge in [0.1, 0.15) is 12.6 Å². The lowest BCUT2D eigenvalue weighted by atomic mass is 10.1. The average molecular weight is 464 g/mol. The Bertz CT molecular complexity index is 770. The zero-order chi connectivity index (χ0) is 24.2. The minimum atomic E-state index is -1.81. The van der Waals surface area contributed by atoms with Crippen molar-refractivity contribution in [2.24, 2.45) is 0 Å². The highest BCUT2D eigenvalue weighted by atomic mass is 28.4. The van der Waals surface area contributed by atoms with Gasteiger partial charge in [0.05, 0.1) is 7.11 Å². The lowest BCUT2D eigenvalue weighted by Crippen LogP contribution is -2.41. The first-order valence-electron chi connectivity index (χ1n) is 10.8. The first-order chi connectivity index (χ1) is 15.0. The number of carbonyl (C=O) groups is 3. The summed E-state index contributed by atoms with van der Waals surface area (Å²) in [5.41, 5.74) is 0.834. The molecule has 0 radical (unpaired) electrons. The molecule has 0 heterocycles. The summed E-state index contributed by atoms with van der Waals surface area (Å²) in [6.07, 6.45) is 3.39. The molecule has 0 fully saturated rings. The number of ether oxygens (including phenoxy) is 2. The number of hydrogen-bond donors (Lipinski definition) is 1. The van der Waals surface area contributed by atoms with Crippen LogP contribution in [0.25, 0.3) is 0 Å². The summed E-state index contributed by atoms with van der Waals surface area (Å²) in [6, 6.07) is 8.28. The number of allylic oxidation sites excluding steroid dienone is 1. The van der Waals surface area contributed by atoms with Gasteiger partial charge < -0.3 is 19.2 Å². The summed E-state index contributed by atoms with van der Waals surface area (Å²) in [6.45, 7) is 11.5. The third-order valence-electron chi connectivity index (χ3n) is 5.50. The monoisotopic (exact) mass is 463 g/mol. The summed E-state index contributed by atoms with van der Waals surface area (Å²) < 4.78 is 15.9. The molecule has 1 aromatic rings. The second-order valence-electron chi connectivity index (χ2n) is 9.10. The van der Waals surface area contributed by atoms with Crippen LogP contribution in [0, 0.1) is 0 Å². The summed E-state index contributed by atoms with van der Waals surface area (Å²) >= 11 is 0. The zero-order valence-corrected chi connectivity index (χ0v) is 21.1. The highest BCUT2D eigenvalue weighted by Gasteiger charge is 2.36. The van der Waals surface area contributed by atoms with Crippen LogP contribution < -0.4 is 5.32 Å². The topological polar surface area (TPSA) is 90.9 Å². The van der Waals surface area contributed by atoms with Gasteiger partial charge in [0.15, 0.2) is 14.1 Å². The Balaban J connectivity index is 2.43. The van der Waals surface area contributed by atoms with Crippen LogP contribution in [0.2, 0.25) is 18.1 Å². The summed E-state index contributed by atoms with van der Waals surface area (Å²) in [4.78, 5) is 36.1. The normalized spacial score (nSPS) is 12.9. The van der Waals surface area contributed by atoms with Crippen molar-refractivity contribution in [3.8, 4) is 0 Å². The number of amides is 1. The van der Waals surface area contributed by atoms with Crippen molar-refractivity contribution >= 4 is 26.2 Å². The number of carbonyl (C=O) groups excluding carboxylic acids is 3. The second-order valence-corrected chi connectivity index (χ2v) is 13.9. The van der Waals surface area contributed by atoms with Crippen molar-refractivity contribution in [3.63, 3.8) is 0 Å². The molecule has 178 valence electrons. The van der Waals surface area contributed by atoms with E-state index in [4.69, 9.17) is 13.9 Å². The van der Waals surface area contributed by atoms with Gasteiger partial charge in [-0.15, -0.1) is 0 Å². The number of nitrogens with one attached hydrogen (secondary N) is 1. The molecule has 1 aromatic carbocycles. The van der Waals surface area contributed by atoms with Crippen molar-refractivity contribution in [1.82, 2.24) is 5.32 Å². The van der Waals surface area contributed by atoms with E-state index in [1.165, 1.54) is 13.2 Å². The molecule has 0 saturated heterocycles. The first-order valence-corrected chi connectivity index (χ1v) is 13.8. The van der Waals surface area contributed by atoms with Crippen LogP contribution in [0.1, 0.15) is 45.6 Å². The van der Waals surface area contributed by atoms with E-state index in [9.17, 15) is 14.4 Å². The molecule has 0 saturated carbocycles. The Labute approximate surface area is 192 Å². The second kappa shape index (κ2) is 13.2. The highest BCUT2D eigenvalue weighted by molar-refractivity contribution is 6.74. The molecule has 1 amide bonds. The lowest BCUT2D eigenvalue weighted by molar-refractivity contribution is -0.142. The van der Waals surface area contributed by atoms with Crippen LogP contribution in [0.5, 0.6) is 0 Å². The molecule has 0 aliphatic carbocycles. The molecule has 0 aliphatic heterocycles. The molecule has 1 atom stereocenters. The van der Waals surface area contributed by atoms with Gasteiger partial charge in [-0.05, 0) is 42.6 Å². The van der Waals surface area contributed by atoms with E-state index < -0.39 is 26.4 Å². The standard InChI is InChI=1S/C24H37NO6Si/c1-24(2,3)32(5,6)31-17-11-15-20(26)14-10-16-21(22(27)29-4)25-23(28)30-18-19-12-8-7-9-13-19/h7-10,12-14,21H,11,15-18H2,1-6H3,(H,25,28)/b14-10+. The Morgan fingerprint density at radius 1 is 1.12 bits per heavy atom. The van der Waals surface area contributed by atoms with E-state index in [2.05, 4.69) is 39.2 Å². The molecule has 1 unspecified atom stereocenters. The molecule has 0 aromatic heterocycles. The van der Waals surface area contributed by atoms with E-state index in [1.807, 2.05) is 30.3 Å². The first kappa shape index (κ1) is 27.6. The predicted molar refractivity (Wildman–Crippen MR) is 127 cm³/mol. The minimum Gasteiger partial charge on any atom is -0.467 e. The smallest absolute Gasteiger partial charge is 0.408 e. The van der Waals surface area contributed by atoms with E-state index in [1.54, 1.807) is 6.08 Å². The van der Waals surface area contributed by atoms with Gasteiger partial charge in [0.25, 0.3) is 0 Å². The Kier molecular flexibility index (Phi) is 11.4. The molecular weight excluding hydrogens is 426 g/mol. The van der Waals surface area contributed by atoms with Gasteiger partial charge in [-0.25, -0.2) is 9.59 Å². The molecule has 0 spiro atoms. The predicted octanol–water partition coefficient (Wildman–Crippen LogP) is 4.77. The fourth-order valence-corrected chi connectivity index (χ4v) is 3.56. The van der Waals surface area contributed by atoms with E-state index in [0.717, 1.165) is 5.56 Å². The van der Waals surface area contributed by atoms with Crippen molar-refractivity contribution in [3.05, 3.63) is 48.0 Å². The molecular formula is C24H37NO6Si. The zero-order valence-electron chi connectivity index (χ0n) is 20.1. The molecule has 32 heavy (non-hydrogen) atoms. The number of alkyl carbamates (subject to hydrolysis) is 1. The maximum Gasteiger partial charge on any atom is 0.408 e. The number of benzene rings is 1. The number of rotatable bonds is 12. The SMILES string of the molecule is COC(=O)C(C/C=C/C(=O)CCCO[Si](C)(C)C(C)(C)C)NC(=O)OCc1ccccc1. The van der Waals surface area contributed by atoms with Gasteiger partial charge >= 0.3 is 12.1 Å². The van der Waals surface area contributed by atoms with Crippen LogP contribution in [-0.4, -0.2) is 45.9 Å². The minimum absolute atomic E-state index is 0.0564. The number of esters is 1. The summed E-state index contributed by atoms with van der Waals surface area (Å²) in [5, 5.41) is 2.62. The highest BCUT2D eigenvalue weighted by Crippen LogP contribution is 2.36.